The van der Waals surface area contributed by atoms with E-state index in [-0.39, 0.29) is 36.7 Å². The van der Waals surface area contributed by atoms with E-state index in [1.165, 1.54) is 11.8 Å². The van der Waals surface area contributed by atoms with Crippen LogP contribution in [0.1, 0.15) is 43.5 Å². The van der Waals surface area contributed by atoms with E-state index in [1.54, 1.807) is 18.2 Å². The molecular weight excluding hydrogens is 328 g/mol. The lowest BCUT2D eigenvalue weighted by Crippen LogP contribution is -2.28. The number of carbonyl (C=O) groups excluding carboxylic acids is 3. The zero-order valence-electron chi connectivity index (χ0n) is 14.0. The molecule has 1 aromatic carbocycles. The number of hydrogen-bond donors (Lipinski definition) is 2. The van der Waals surface area contributed by atoms with Crippen molar-refractivity contribution in [2.75, 3.05) is 12.5 Å². The van der Waals surface area contributed by atoms with Crippen LogP contribution >= 0.6 is 11.8 Å². The van der Waals surface area contributed by atoms with Gasteiger partial charge in [-0.3, -0.25) is 14.4 Å². The van der Waals surface area contributed by atoms with Crippen LogP contribution in [0.15, 0.2) is 29.2 Å². The second kappa shape index (κ2) is 10.7. The third kappa shape index (κ3) is 6.62. The number of nitrogens with two attached hydrogens (primary N) is 1. The Labute approximate surface area is 146 Å². The van der Waals surface area contributed by atoms with Gasteiger partial charge in [0.2, 0.25) is 5.91 Å². The highest BCUT2D eigenvalue weighted by molar-refractivity contribution is 7.99. The molecule has 0 heterocycles. The lowest BCUT2D eigenvalue weighted by Gasteiger charge is -2.13. The molecule has 2 amide bonds. The molecule has 0 radical (unpaired) electrons. The second-order valence-electron chi connectivity index (χ2n) is 5.21. The van der Waals surface area contributed by atoms with Crippen LogP contribution in [0, 0.1) is 5.92 Å². The highest BCUT2D eigenvalue weighted by atomic mass is 32.2. The molecule has 0 aliphatic carbocycles. The van der Waals surface area contributed by atoms with Crippen molar-refractivity contribution in [3.05, 3.63) is 29.8 Å². The molecule has 0 saturated heterocycles. The fourth-order valence-electron chi connectivity index (χ4n) is 2.07. The normalized spacial score (nSPS) is 10.5. The summed E-state index contributed by atoms with van der Waals surface area (Å²) in [6.45, 7) is 4.10. The van der Waals surface area contributed by atoms with Crippen LogP contribution in [0.4, 0.5) is 0 Å². The topological polar surface area (TPSA) is 98.5 Å². The van der Waals surface area contributed by atoms with Crippen molar-refractivity contribution in [2.45, 2.75) is 38.0 Å². The van der Waals surface area contributed by atoms with E-state index in [4.69, 9.17) is 10.5 Å². The second-order valence-corrected chi connectivity index (χ2v) is 6.17. The van der Waals surface area contributed by atoms with Crippen molar-refractivity contribution in [3.63, 3.8) is 0 Å². The van der Waals surface area contributed by atoms with E-state index < -0.39 is 5.91 Å². The van der Waals surface area contributed by atoms with E-state index in [2.05, 4.69) is 5.32 Å². The quantitative estimate of drug-likeness (QED) is 0.382. The highest BCUT2D eigenvalue weighted by Gasteiger charge is 2.16. The number of thioether (sulfide) groups is 1. The summed E-state index contributed by atoms with van der Waals surface area (Å²) in [4.78, 5) is 35.4. The van der Waals surface area contributed by atoms with Crippen molar-refractivity contribution in [2.24, 2.45) is 11.7 Å². The highest BCUT2D eigenvalue weighted by Crippen LogP contribution is 2.23. The lowest BCUT2D eigenvalue weighted by molar-refractivity contribution is -0.146. The minimum Gasteiger partial charge on any atom is -0.454 e. The van der Waals surface area contributed by atoms with Gasteiger partial charge in [0, 0.05) is 17.9 Å². The summed E-state index contributed by atoms with van der Waals surface area (Å²) in [5.74, 6) is -0.897. The maximum atomic E-state index is 12.2. The molecular formula is C17H24N2O4S. The molecule has 0 unspecified atom stereocenters. The van der Waals surface area contributed by atoms with Crippen molar-refractivity contribution >= 4 is 29.5 Å². The summed E-state index contributed by atoms with van der Waals surface area (Å²) in [6, 6.07) is 7.04. The van der Waals surface area contributed by atoms with Gasteiger partial charge in [0.15, 0.2) is 0 Å². The Morgan fingerprint density at radius 3 is 2.50 bits per heavy atom. The van der Waals surface area contributed by atoms with Crippen LogP contribution in [0.5, 0.6) is 0 Å². The monoisotopic (exact) mass is 352 g/mol. The van der Waals surface area contributed by atoms with Crippen molar-refractivity contribution in [1.82, 2.24) is 5.32 Å². The van der Waals surface area contributed by atoms with E-state index in [1.807, 2.05) is 19.9 Å². The summed E-state index contributed by atoms with van der Waals surface area (Å²) < 4.78 is 5.27. The van der Waals surface area contributed by atoms with Crippen LogP contribution in [-0.2, 0) is 14.3 Å². The molecule has 0 atom stereocenters. The largest absolute Gasteiger partial charge is 0.454 e. The Bertz CT molecular complexity index is 573. The first kappa shape index (κ1) is 20.0. The van der Waals surface area contributed by atoms with Gasteiger partial charge < -0.3 is 15.8 Å². The van der Waals surface area contributed by atoms with Crippen LogP contribution in [-0.4, -0.2) is 30.3 Å². The molecule has 132 valence electrons. The summed E-state index contributed by atoms with van der Waals surface area (Å²) in [7, 11) is 0. The van der Waals surface area contributed by atoms with Gasteiger partial charge in [0.1, 0.15) is 5.94 Å². The van der Waals surface area contributed by atoms with Crippen molar-refractivity contribution in [3.8, 4) is 0 Å². The zero-order valence-corrected chi connectivity index (χ0v) is 14.9. The van der Waals surface area contributed by atoms with Crippen molar-refractivity contribution in [1.29, 1.82) is 0 Å². The van der Waals surface area contributed by atoms with Crippen LogP contribution in [0.2, 0.25) is 0 Å². The molecule has 3 N–H and O–H groups in total. The Kier molecular flexibility index (Phi) is 8.93. The number of primary amides is 1. The number of benzene rings is 1. The van der Waals surface area contributed by atoms with Gasteiger partial charge in [-0.2, -0.15) is 0 Å². The maximum absolute atomic E-state index is 12.2. The molecule has 0 spiro atoms. The zero-order chi connectivity index (χ0) is 17.9. The molecule has 7 heteroatoms. The third-order valence-corrected chi connectivity index (χ3v) is 4.43. The standard InChI is InChI=1S/C17H24N2O4S/c1-3-12(4-2)17(22)23-11-24-14-8-6-5-7-13(14)16(21)19-10-9-15(18)20/h5-8,12H,3-4,9-11H2,1-2H3,(H2,18,20)(H,19,21). The van der Waals surface area contributed by atoms with Gasteiger partial charge in [-0.25, -0.2) is 0 Å². The molecule has 0 bridgehead atoms. The Hall–Kier alpha value is -2.02. The molecule has 0 aromatic heterocycles. The first-order valence-corrected chi connectivity index (χ1v) is 8.93. The van der Waals surface area contributed by atoms with Crippen LogP contribution < -0.4 is 11.1 Å². The molecule has 1 aromatic rings. The van der Waals surface area contributed by atoms with Crippen LogP contribution in [0.25, 0.3) is 0 Å². The fourth-order valence-corrected chi connectivity index (χ4v) is 2.86. The first-order chi connectivity index (χ1) is 11.5. The molecule has 0 aliphatic heterocycles. The van der Waals surface area contributed by atoms with Gasteiger partial charge in [0.05, 0.1) is 11.5 Å². The number of carbonyl (C=O) groups is 3. The molecule has 24 heavy (non-hydrogen) atoms. The summed E-state index contributed by atoms with van der Waals surface area (Å²) in [6.07, 6.45) is 1.59. The van der Waals surface area contributed by atoms with E-state index >= 15 is 0 Å². The average Bonchev–Trinajstić information content (AvgIpc) is 2.56. The van der Waals surface area contributed by atoms with Gasteiger partial charge in [-0.05, 0) is 25.0 Å². The predicted molar refractivity (Wildman–Crippen MR) is 93.5 cm³/mol. The number of amides is 2. The summed E-state index contributed by atoms with van der Waals surface area (Å²) >= 11 is 1.29. The van der Waals surface area contributed by atoms with E-state index in [0.29, 0.717) is 10.5 Å². The van der Waals surface area contributed by atoms with Gasteiger partial charge >= 0.3 is 5.97 Å². The first-order valence-electron chi connectivity index (χ1n) is 7.94. The van der Waals surface area contributed by atoms with Crippen LogP contribution in [0.3, 0.4) is 0 Å². The van der Waals surface area contributed by atoms with E-state index in [0.717, 1.165) is 12.8 Å². The predicted octanol–water partition coefficient (Wildman–Crippen LogP) is 2.32. The Morgan fingerprint density at radius 2 is 1.88 bits per heavy atom. The third-order valence-electron chi connectivity index (χ3n) is 3.52. The molecule has 1 rings (SSSR count). The molecule has 0 saturated carbocycles. The molecule has 6 nitrogen and oxygen atoms in total. The van der Waals surface area contributed by atoms with Gasteiger partial charge in [0.25, 0.3) is 5.91 Å². The van der Waals surface area contributed by atoms with Crippen molar-refractivity contribution < 1.29 is 19.1 Å². The number of ether oxygens (including phenoxy) is 1. The van der Waals surface area contributed by atoms with Gasteiger partial charge in [-0.15, -0.1) is 0 Å². The Balaban J connectivity index is 2.58. The number of nitrogens with one attached hydrogen (secondary N) is 1. The van der Waals surface area contributed by atoms with Gasteiger partial charge in [-0.1, -0.05) is 37.7 Å². The fraction of sp³-hybridized carbons (Fsp3) is 0.471. The van der Waals surface area contributed by atoms with E-state index in [9.17, 15) is 14.4 Å². The molecule has 0 aliphatic rings. The minimum absolute atomic E-state index is 0.0852. The Morgan fingerprint density at radius 1 is 1.21 bits per heavy atom. The SMILES string of the molecule is CCC(CC)C(=O)OCSc1ccccc1C(=O)NCCC(N)=O. The number of rotatable bonds is 10. The molecule has 0 fully saturated rings. The summed E-state index contributed by atoms with van der Waals surface area (Å²) in [5.41, 5.74) is 5.52. The average molecular weight is 352 g/mol. The maximum Gasteiger partial charge on any atom is 0.309 e. The smallest absolute Gasteiger partial charge is 0.309 e. The number of hydrogen-bond acceptors (Lipinski definition) is 5. The summed E-state index contributed by atoms with van der Waals surface area (Å²) in [5, 5.41) is 2.65. The minimum atomic E-state index is -0.466. The lowest BCUT2D eigenvalue weighted by atomic mass is 10.0. The number of esters is 1.